The van der Waals surface area contributed by atoms with Crippen LogP contribution in [0.25, 0.3) is 11.0 Å². The van der Waals surface area contributed by atoms with Gasteiger partial charge < -0.3 is 14.6 Å². The fourth-order valence-electron chi connectivity index (χ4n) is 3.67. The second-order valence-electron chi connectivity index (χ2n) is 7.44. The molecule has 3 atom stereocenters. The average molecular weight is 437 g/mol. The molecule has 30 heavy (non-hydrogen) atoms. The third-order valence-electron chi connectivity index (χ3n) is 5.22. The Bertz CT molecular complexity index is 1060. The van der Waals surface area contributed by atoms with Crippen molar-refractivity contribution < 1.29 is 22.7 Å². The van der Waals surface area contributed by atoms with Crippen LogP contribution in [-0.2, 0) is 11.3 Å². The van der Waals surface area contributed by atoms with E-state index in [-0.39, 0.29) is 28.8 Å². The van der Waals surface area contributed by atoms with Gasteiger partial charge in [-0.2, -0.15) is 13.2 Å². The van der Waals surface area contributed by atoms with E-state index in [2.05, 4.69) is 16.8 Å². The predicted molar refractivity (Wildman–Crippen MR) is 109 cm³/mol. The lowest BCUT2D eigenvalue weighted by molar-refractivity contribution is -0.152. The van der Waals surface area contributed by atoms with Crippen LogP contribution in [0.15, 0.2) is 36.4 Å². The summed E-state index contributed by atoms with van der Waals surface area (Å²) in [4.78, 5) is 18.2. The Morgan fingerprint density at radius 3 is 2.83 bits per heavy atom. The summed E-state index contributed by atoms with van der Waals surface area (Å²) in [5.41, 5.74) is 2.00. The third kappa shape index (κ3) is 4.30. The largest absolute Gasteiger partial charge is 0.475 e. The van der Waals surface area contributed by atoms with Gasteiger partial charge in [-0.05, 0) is 44.5 Å². The van der Waals surface area contributed by atoms with Crippen molar-refractivity contribution in [3.63, 3.8) is 0 Å². The maximum absolute atomic E-state index is 12.7. The number of para-hydroxylation sites is 2. The molecule has 1 aliphatic rings. The number of ether oxygens (including phenoxy) is 1. The van der Waals surface area contributed by atoms with Gasteiger partial charge in [0.15, 0.2) is 11.7 Å². The maximum atomic E-state index is 12.7. The number of hydrogen-bond acceptors (Lipinski definition) is 4. The molecule has 1 aliphatic carbocycles. The molecule has 1 unspecified atom stereocenters. The fraction of sp³-hybridized carbons (Fsp3) is 0.429. The highest BCUT2D eigenvalue weighted by Crippen LogP contribution is 2.48. The lowest BCUT2D eigenvalue weighted by Crippen LogP contribution is -2.28. The van der Waals surface area contributed by atoms with Crippen LogP contribution < -0.4 is 10.1 Å². The first kappa shape index (κ1) is 20.7. The molecule has 1 N–H and O–H groups in total. The first-order valence-corrected chi connectivity index (χ1v) is 10.6. The molecule has 0 bridgehead atoms. The highest BCUT2D eigenvalue weighted by Gasteiger charge is 2.47. The molecule has 2 heterocycles. The number of carbonyl (C=O) groups excluding carboxylic acids is 1. The van der Waals surface area contributed by atoms with E-state index < -0.39 is 12.8 Å². The number of aromatic nitrogens is 2. The van der Waals surface area contributed by atoms with Crippen LogP contribution in [0.1, 0.15) is 42.9 Å². The monoisotopic (exact) mass is 437 g/mol. The number of halogens is 3. The molecule has 0 spiro atoms. The number of alkyl halides is 3. The maximum Gasteiger partial charge on any atom is 0.422 e. The number of aryl methyl sites for hydroxylation is 1. The van der Waals surface area contributed by atoms with Gasteiger partial charge in [-0.25, -0.2) is 4.98 Å². The van der Waals surface area contributed by atoms with Crippen molar-refractivity contribution in [1.29, 1.82) is 0 Å². The summed E-state index contributed by atoms with van der Waals surface area (Å²) >= 11 is 1.11. The molecule has 1 amide bonds. The second-order valence-corrected chi connectivity index (χ2v) is 8.52. The lowest BCUT2D eigenvalue weighted by atomic mass is 10.2. The summed E-state index contributed by atoms with van der Waals surface area (Å²) in [6, 6.07) is 10.8. The predicted octanol–water partition coefficient (Wildman–Crippen LogP) is 5.04. The molecule has 1 fully saturated rings. The Kier molecular flexibility index (Phi) is 5.48. The number of fused-ring (bicyclic) bond motifs is 1. The van der Waals surface area contributed by atoms with E-state index in [4.69, 9.17) is 9.72 Å². The third-order valence-corrected chi connectivity index (χ3v) is 6.41. The van der Waals surface area contributed by atoms with Gasteiger partial charge >= 0.3 is 6.18 Å². The summed E-state index contributed by atoms with van der Waals surface area (Å²) in [7, 11) is 0. The van der Waals surface area contributed by atoms with Gasteiger partial charge in [-0.15, -0.1) is 11.3 Å². The van der Waals surface area contributed by atoms with Gasteiger partial charge in [-0.1, -0.05) is 12.1 Å². The molecule has 1 saturated carbocycles. The van der Waals surface area contributed by atoms with Crippen molar-refractivity contribution in [2.75, 3.05) is 6.61 Å². The zero-order valence-electron chi connectivity index (χ0n) is 16.6. The van der Waals surface area contributed by atoms with Crippen molar-refractivity contribution in [1.82, 2.24) is 14.9 Å². The van der Waals surface area contributed by atoms with Gasteiger partial charge in [0.25, 0.3) is 0 Å². The van der Waals surface area contributed by atoms with Crippen LogP contribution in [0, 0.1) is 5.92 Å². The quantitative estimate of drug-likeness (QED) is 0.563. The van der Waals surface area contributed by atoms with E-state index >= 15 is 0 Å². The van der Waals surface area contributed by atoms with Gasteiger partial charge in [0, 0.05) is 23.3 Å². The molecule has 0 aliphatic heterocycles. The van der Waals surface area contributed by atoms with Crippen LogP contribution in [0.4, 0.5) is 13.2 Å². The number of nitrogens with one attached hydrogen (secondary N) is 1. The van der Waals surface area contributed by atoms with Gasteiger partial charge in [0.05, 0.1) is 17.1 Å². The van der Waals surface area contributed by atoms with Crippen LogP contribution in [0.5, 0.6) is 5.06 Å². The normalized spacial score (nSPS) is 19.6. The summed E-state index contributed by atoms with van der Waals surface area (Å²) in [6.45, 7) is 3.34. The highest BCUT2D eigenvalue weighted by atomic mass is 32.1. The van der Waals surface area contributed by atoms with Gasteiger partial charge in [0.2, 0.25) is 5.91 Å². The van der Waals surface area contributed by atoms with E-state index in [1.165, 1.54) is 6.07 Å². The molecule has 0 saturated heterocycles. The van der Waals surface area contributed by atoms with Crippen LogP contribution in [0.2, 0.25) is 0 Å². The molecule has 3 aromatic rings. The molecule has 2 aromatic heterocycles. The molecule has 5 nitrogen and oxygen atoms in total. The second kappa shape index (κ2) is 7.94. The van der Waals surface area contributed by atoms with Crippen LogP contribution in [0.3, 0.4) is 0 Å². The average Bonchev–Trinajstić information content (AvgIpc) is 3.19. The number of benzene rings is 1. The van der Waals surface area contributed by atoms with Gasteiger partial charge in [-0.3, -0.25) is 4.79 Å². The minimum atomic E-state index is -4.38. The Balaban J connectivity index is 1.38. The molecule has 160 valence electrons. The Labute approximate surface area is 175 Å². The number of amides is 1. The Hall–Kier alpha value is -2.55. The highest BCUT2D eigenvalue weighted by molar-refractivity contribution is 7.13. The van der Waals surface area contributed by atoms with Crippen LogP contribution >= 0.6 is 11.3 Å². The summed E-state index contributed by atoms with van der Waals surface area (Å²) < 4.78 is 43.8. The molecular formula is C21H22F3N3O2S. The van der Waals surface area contributed by atoms with E-state index in [0.29, 0.717) is 0 Å². The van der Waals surface area contributed by atoms with Crippen molar-refractivity contribution in [2.24, 2.45) is 5.92 Å². The Morgan fingerprint density at radius 1 is 1.33 bits per heavy atom. The van der Waals surface area contributed by atoms with E-state index in [0.717, 1.165) is 46.0 Å². The van der Waals surface area contributed by atoms with Crippen molar-refractivity contribution in [3.8, 4) is 5.06 Å². The first-order chi connectivity index (χ1) is 14.3. The van der Waals surface area contributed by atoms with E-state index in [1.807, 2.05) is 31.2 Å². The number of hydrogen-bond donors (Lipinski definition) is 1. The summed E-state index contributed by atoms with van der Waals surface area (Å²) in [5, 5.41) is 3.16. The smallest absolute Gasteiger partial charge is 0.422 e. The molecular weight excluding hydrogens is 415 g/mol. The minimum absolute atomic E-state index is 0.0617. The number of nitrogens with zero attached hydrogens (tertiary/aromatic N) is 2. The zero-order valence-corrected chi connectivity index (χ0v) is 17.4. The number of thiophene rings is 1. The summed E-state index contributed by atoms with van der Waals surface area (Å²) in [6.07, 6.45) is -3.63. The zero-order chi connectivity index (χ0) is 21.5. The number of rotatable bonds is 7. The SMILES string of the molecule is CCn1c([C@H]2C[C@@H]2C(=O)NC(C)c2ccc(OCC(F)(F)F)s2)nc2ccccc21. The molecule has 0 radical (unpaired) electrons. The minimum Gasteiger partial charge on any atom is -0.475 e. The number of imidazole rings is 1. The van der Waals surface area contributed by atoms with Gasteiger partial charge in [0.1, 0.15) is 5.82 Å². The summed E-state index contributed by atoms with van der Waals surface area (Å²) in [5.74, 6) is 0.813. The number of carbonyl (C=O) groups is 1. The standard InChI is InChI=1S/C21H22F3N3O2S/c1-3-27-16-7-5-4-6-15(16)26-19(27)13-10-14(13)20(28)25-12(2)17-8-9-18(30-17)29-11-21(22,23)24/h4-9,12-14H,3,10-11H2,1-2H3,(H,25,28)/t12?,13-,14-/m0/s1. The van der Waals surface area contributed by atoms with Crippen molar-refractivity contribution in [2.45, 2.75) is 44.9 Å². The molecule has 1 aromatic carbocycles. The topological polar surface area (TPSA) is 56.2 Å². The molecule has 9 heteroatoms. The fourth-order valence-corrected chi connectivity index (χ4v) is 4.53. The van der Waals surface area contributed by atoms with E-state index in [1.54, 1.807) is 6.07 Å². The molecule has 4 rings (SSSR count). The Morgan fingerprint density at radius 2 is 2.10 bits per heavy atom. The van der Waals surface area contributed by atoms with Crippen molar-refractivity contribution >= 4 is 28.3 Å². The van der Waals surface area contributed by atoms with E-state index in [9.17, 15) is 18.0 Å². The van der Waals surface area contributed by atoms with Crippen molar-refractivity contribution in [3.05, 3.63) is 47.1 Å². The first-order valence-electron chi connectivity index (χ1n) is 9.81. The van der Waals surface area contributed by atoms with Crippen LogP contribution in [-0.4, -0.2) is 28.2 Å². The lowest BCUT2D eigenvalue weighted by Gasteiger charge is -2.12.